The van der Waals surface area contributed by atoms with Gasteiger partial charge in [0.05, 0.1) is 5.69 Å². The summed E-state index contributed by atoms with van der Waals surface area (Å²) in [5, 5.41) is 8.66. The van der Waals surface area contributed by atoms with Crippen molar-refractivity contribution in [2.45, 2.75) is 24.8 Å². The molecule has 2 aliphatic carbocycles. The summed E-state index contributed by atoms with van der Waals surface area (Å²) in [5.41, 5.74) is 7.85. The number of fused-ring (bicyclic) bond motifs is 1. The predicted molar refractivity (Wildman–Crippen MR) is 83.8 cm³/mol. The van der Waals surface area contributed by atoms with Crippen LogP contribution in [-0.2, 0) is 0 Å². The monoisotopic (exact) mass is 307 g/mol. The fourth-order valence-electron chi connectivity index (χ4n) is 3.77. The zero-order valence-electron chi connectivity index (χ0n) is 12.5. The third-order valence-corrected chi connectivity index (χ3v) is 5.08. The molecule has 0 spiro atoms. The lowest BCUT2D eigenvalue weighted by molar-refractivity contribution is 0.341. The van der Waals surface area contributed by atoms with Gasteiger partial charge in [0.1, 0.15) is 5.69 Å². The molecule has 0 saturated heterocycles. The van der Waals surface area contributed by atoms with Gasteiger partial charge >= 0.3 is 0 Å². The smallest absolute Gasteiger partial charge is 0.230 e. The largest absolute Gasteiger partial charge is 0.339 e. The Bertz CT molecular complexity index is 840. The second-order valence-electron chi connectivity index (χ2n) is 6.51. The fourth-order valence-corrected chi connectivity index (χ4v) is 3.77. The van der Waals surface area contributed by atoms with Crippen LogP contribution in [0, 0.1) is 11.8 Å². The minimum absolute atomic E-state index is 0.289. The maximum Gasteiger partial charge on any atom is 0.230 e. The summed E-state index contributed by atoms with van der Waals surface area (Å²) in [4.78, 5) is 4.57. The molecule has 2 N–H and O–H groups in total. The van der Waals surface area contributed by atoms with Crippen LogP contribution in [0.3, 0.4) is 0 Å². The van der Waals surface area contributed by atoms with Crippen molar-refractivity contribution < 1.29 is 4.52 Å². The molecule has 0 unspecified atom stereocenters. The Balaban J connectivity index is 1.42. The molecule has 0 aliphatic heterocycles. The molecule has 5 rings (SSSR count). The molecule has 2 heterocycles. The third-order valence-electron chi connectivity index (χ3n) is 5.08. The van der Waals surface area contributed by atoms with E-state index in [2.05, 4.69) is 15.2 Å². The van der Waals surface area contributed by atoms with E-state index in [9.17, 15) is 0 Å². The number of benzene rings is 1. The quantitative estimate of drug-likeness (QED) is 0.803. The van der Waals surface area contributed by atoms with Crippen LogP contribution in [0.2, 0.25) is 0 Å². The van der Waals surface area contributed by atoms with E-state index >= 15 is 0 Å². The maximum absolute atomic E-state index is 6.13. The van der Waals surface area contributed by atoms with Gasteiger partial charge < -0.3 is 10.3 Å². The van der Waals surface area contributed by atoms with Gasteiger partial charge in [-0.25, -0.2) is 4.68 Å². The van der Waals surface area contributed by atoms with Gasteiger partial charge in [-0.2, -0.15) is 10.1 Å². The number of aromatic nitrogens is 4. The van der Waals surface area contributed by atoms with E-state index in [1.165, 1.54) is 6.42 Å². The Morgan fingerprint density at radius 1 is 1.09 bits per heavy atom. The Kier molecular flexibility index (Phi) is 2.69. The Morgan fingerprint density at radius 3 is 2.70 bits per heavy atom. The molecule has 0 amide bonds. The fraction of sp³-hybridized carbons (Fsp3) is 0.353. The Morgan fingerprint density at radius 2 is 1.96 bits per heavy atom. The van der Waals surface area contributed by atoms with Crippen molar-refractivity contribution >= 4 is 0 Å². The Hall–Kier alpha value is -2.47. The summed E-state index contributed by atoms with van der Waals surface area (Å²) in [5.74, 6) is 2.89. The SMILES string of the molecule is N[C@@H]1C[C@H](c2nc(-c3ccn(-c4ccccc4)n3)no2)[C@H]2C[C@H]21. The van der Waals surface area contributed by atoms with Crippen LogP contribution in [0.15, 0.2) is 47.1 Å². The van der Waals surface area contributed by atoms with Gasteiger partial charge in [-0.15, -0.1) is 0 Å². The lowest BCUT2D eigenvalue weighted by atomic mass is 10.0. The van der Waals surface area contributed by atoms with E-state index in [-0.39, 0.29) is 6.04 Å². The molecule has 116 valence electrons. The van der Waals surface area contributed by atoms with E-state index in [0.29, 0.717) is 23.6 Å². The highest BCUT2D eigenvalue weighted by atomic mass is 16.5. The molecular weight excluding hydrogens is 290 g/mol. The number of nitrogens with two attached hydrogens (primary N) is 1. The van der Waals surface area contributed by atoms with Gasteiger partial charge in [0.15, 0.2) is 0 Å². The Labute approximate surface area is 133 Å². The summed E-state index contributed by atoms with van der Waals surface area (Å²) in [7, 11) is 0. The molecule has 1 aromatic carbocycles. The molecule has 2 aliphatic rings. The summed E-state index contributed by atoms with van der Waals surface area (Å²) in [6.45, 7) is 0. The van der Waals surface area contributed by atoms with Crippen LogP contribution in [0.5, 0.6) is 0 Å². The number of hydrogen-bond acceptors (Lipinski definition) is 5. The number of hydrogen-bond donors (Lipinski definition) is 1. The molecule has 2 saturated carbocycles. The first-order chi connectivity index (χ1) is 11.3. The van der Waals surface area contributed by atoms with Crippen molar-refractivity contribution in [3.63, 3.8) is 0 Å². The second-order valence-corrected chi connectivity index (χ2v) is 6.51. The highest BCUT2D eigenvalue weighted by molar-refractivity contribution is 5.48. The average molecular weight is 307 g/mol. The maximum atomic E-state index is 6.13. The van der Waals surface area contributed by atoms with Crippen LogP contribution >= 0.6 is 0 Å². The zero-order valence-corrected chi connectivity index (χ0v) is 12.5. The first-order valence-corrected chi connectivity index (χ1v) is 8.00. The molecule has 2 fully saturated rings. The van der Waals surface area contributed by atoms with Crippen LogP contribution in [0.4, 0.5) is 0 Å². The van der Waals surface area contributed by atoms with Crippen molar-refractivity contribution in [2.24, 2.45) is 17.6 Å². The molecule has 2 aromatic heterocycles. The molecule has 4 atom stereocenters. The first kappa shape index (κ1) is 13.0. The lowest BCUT2D eigenvalue weighted by Crippen LogP contribution is -2.19. The predicted octanol–water partition coefficient (Wildman–Crippen LogP) is 2.37. The first-order valence-electron chi connectivity index (χ1n) is 8.00. The van der Waals surface area contributed by atoms with Crippen molar-refractivity contribution in [1.82, 2.24) is 19.9 Å². The van der Waals surface area contributed by atoms with Gasteiger partial charge in [-0.3, -0.25) is 0 Å². The van der Waals surface area contributed by atoms with Crippen LogP contribution in [-0.4, -0.2) is 26.0 Å². The summed E-state index contributed by atoms with van der Waals surface area (Å²) in [6.07, 6.45) is 4.06. The highest BCUT2D eigenvalue weighted by Gasteiger charge is 2.55. The van der Waals surface area contributed by atoms with Crippen LogP contribution < -0.4 is 5.73 Å². The standard InChI is InChI=1S/C17H17N5O/c18-14-9-13(11-8-12(11)14)17-19-16(21-23-17)15-6-7-22(20-15)10-4-2-1-3-5-10/h1-7,11-14H,8-9,18H2/t11-,12+,13-,14+/m0/s1. The van der Waals surface area contributed by atoms with Gasteiger partial charge in [0.25, 0.3) is 0 Å². The minimum atomic E-state index is 0.289. The van der Waals surface area contributed by atoms with E-state index < -0.39 is 0 Å². The van der Waals surface area contributed by atoms with Crippen molar-refractivity contribution in [2.75, 3.05) is 0 Å². The third kappa shape index (κ3) is 2.09. The molecule has 6 nitrogen and oxygen atoms in total. The van der Waals surface area contributed by atoms with Crippen molar-refractivity contribution in [3.8, 4) is 17.2 Å². The van der Waals surface area contributed by atoms with E-state index in [1.807, 2.05) is 47.3 Å². The van der Waals surface area contributed by atoms with Crippen LogP contribution in [0.25, 0.3) is 17.2 Å². The topological polar surface area (TPSA) is 82.8 Å². The van der Waals surface area contributed by atoms with E-state index in [1.54, 1.807) is 0 Å². The molecule has 3 aromatic rings. The molecule has 0 radical (unpaired) electrons. The summed E-state index contributed by atoms with van der Waals surface area (Å²) >= 11 is 0. The van der Waals surface area contributed by atoms with Crippen molar-refractivity contribution in [1.29, 1.82) is 0 Å². The van der Waals surface area contributed by atoms with Gasteiger partial charge in [0.2, 0.25) is 11.7 Å². The zero-order chi connectivity index (χ0) is 15.4. The van der Waals surface area contributed by atoms with Crippen LogP contribution in [0.1, 0.15) is 24.7 Å². The summed E-state index contributed by atoms with van der Waals surface area (Å²) in [6, 6.07) is 12.2. The molecule has 23 heavy (non-hydrogen) atoms. The minimum Gasteiger partial charge on any atom is -0.339 e. The number of nitrogens with zero attached hydrogens (tertiary/aromatic N) is 4. The molecular formula is C17H17N5O. The van der Waals surface area contributed by atoms with Gasteiger partial charge in [0, 0.05) is 18.2 Å². The van der Waals surface area contributed by atoms with E-state index in [0.717, 1.165) is 23.7 Å². The number of rotatable bonds is 3. The van der Waals surface area contributed by atoms with Gasteiger partial charge in [-0.1, -0.05) is 23.4 Å². The van der Waals surface area contributed by atoms with E-state index in [4.69, 9.17) is 10.3 Å². The molecule has 0 bridgehead atoms. The average Bonchev–Trinajstić information content (AvgIpc) is 2.93. The second kappa shape index (κ2) is 4.76. The number of para-hydroxylation sites is 1. The lowest BCUT2D eigenvalue weighted by Gasteiger charge is -2.07. The van der Waals surface area contributed by atoms with Crippen molar-refractivity contribution in [3.05, 3.63) is 48.5 Å². The molecule has 6 heteroatoms. The summed E-state index contributed by atoms with van der Waals surface area (Å²) < 4.78 is 7.31. The van der Waals surface area contributed by atoms with Gasteiger partial charge in [-0.05, 0) is 42.9 Å². The highest BCUT2D eigenvalue weighted by Crippen LogP contribution is 2.58. The normalized spacial score (nSPS) is 28.7.